The average Bonchev–Trinajstić information content (AvgIpc) is 2.22. The van der Waals surface area contributed by atoms with E-state index in [0.717, 1.165) is 13.1 Å². The first-order valence-electron chi connectivity index (χ1n) is 5.38. The molecule has 0 aliphatic carbocycles. The van der Waals surface area contributed by atoms with Crippen LogP contribution in [0.25, 0.3) is 0 Å². The third-order valence-electron chi connectivity index (χ3n) is 2.09. The minimum Gasteiger partial charge on any atom is -0.358 e. The van der Waals surface area contributed by atoms with Gasteiger partial charge in [0.25, 0.3) is 0 Å². The minimum absolute atomic E-state index is 0.00497. The molecular weight excluding hydrogens is 212 g/mol. The number of rotatable bonds is 8. The number of nitrogens with zero attached hydrogens (tertiary/aromatic N) is 1. The summed E-state index contributed by atoms with van der Waals surface area (Å²) in [5, 5.41) is 2.78. The number of likely N-dealkylation sites (N-methyl/N-ethyl adjacent to an activating group) is 1. The van der Waals surface area contributed by atoms with Gasteiger partial charge < -0.3 is 10.1 Å². The number of ether oxygens (including phenoxy) is 1. The fraction of sp³-hybridized carbons (Fsp3) is 0.900. The number of hydrogen-bond acceptors (Lipinski definition) is 4. The summed E-state index contributed by atoms with van der Waals surface area (Å²) in [4.78, 5) is 13.5. The predicted octanol–water partition coefficient (Wildman–Crippen LogP) is 0.737. The van der Waals surface area contributed by atoms with E-state index >= 15 is 0 Å². The number of thiol groups is 1. The van der Waals surface area contributed by atoms with E-state index in [0.29, 0.717) is 18.9 Å². The Hall–Kier alpha value is -0.260. The van der Waals surface area contributed by atoms with Crippen molar-refractivity contribution in [3.05, 3.63) is 0 Å². The molecule has 0 spiro atoms. The van der Waals surface area contributed by atoms with Gasteiger partial charge in [-0.3, -0.25) is 9.69 Å². The van der Waals surface area contributed by atoms with E-state index in [1.165, 1.54) is 0 Å². The maximum Gasteiger partial charge on any atom is 0.236 e. The van der Waals surface area contributed by atoms with E-state index in [9.17, 15) is 4.79 Å². The second kappa shape index (κ2) is 9.00. The van der Waals surface area contributed by atoms with Crippen molar-refractivity contribution in [2.45, 2.75) is 27.0 Å². The summed E-state index contributed by atoms with van der Waals surface area (Å²) in [6.45, 7) is 8.65. The van der Waals surface area contributed by atoms with Crippen molar-refractivity contribution in [2.24, 2.45) is 0 Å². The molecule has 0 aromatic heterocycles. The highest BCUT2D eigenvalue weighted by molar-refractivity contribution is 7.80. The number of nitrogens with one attached hydrogen (secondary N) is 1. The first-order chi connectivity index (χ1) is 7.13. The van der Waals surface area contributed by atoms with E-state index in [2.05, 4.69) is 22.8 Å². The molecule has 1 amide bonds. The van der Waals surface area contributed by atoms with Gasteiger partial charge in [-0.2, -0.15) is 12.6 Å². The second-order valence-electron chi connectivity index (χ2n) is 3.27. The van der Waals surface area contributed by atoms with Crippen LogP contribution in [-0.4, -0.2) is 49.0 Å². The highest BCUT2D eigenvalue weighted by atomic mass is 32.1. The van der Waals surface area contributed by atoms with Gasteiger partial charge in [0.1, 0.15) is 6.23 Å². The Morgan fingerprint density at radius 3 is 2.53 bits per heavy atom. The molecule has 0 aromatic rings. The normalized spacial score (nSPS) is 12.9. The van der Waals surface area contributed by atoms with Gasteiger partial charge in [0.2, 0.25) is 5.91 Å². The molecule has 0 aliphatic rings. The van der Waals surface area contributed by atoms with Gasteiger partial charge in [0.05, 0.1) is 13.2 Å². The lowest BCUT2D eigenvalue weighted by Crippen LogP contribution is -2.42. The molecule has 0 bridgehead atoms. The monoisotopic (exact) mass is 234 g/mol. The smallest absolute Gasteiger partial charge is 0.236 e. The number of carbonyl (C=O) groups is 1. The molecule has 5 heteroatoms. The van der Waals surface area contributed by atoms with Crippen molar-refractivity contribution < 1.29 is 9.53 Å². The fourth-order valence-electron chi connectivity index (χ4n) is 1.19. The molecule has 0 fully saturated rings. The minimum atomic E-state index is -0.236. The third kappa shape index (κ3) is 7.64. The molecule has 0 rings (SSSR count). The van der Waals surface area contributed by atoms with Crippen molar-refractivity contribution in [2.75, 3.05) is 32.0 Å². The maximum atomic E-state index is 11.5. The molecule has 0 aromatic carbocycles. The first kappa shape index (κ1) is 14.7. The lowest BCUT2D eigenvalue weighted by Gasteiger charge is -2.19. The zero-order valence-corrected chi connectivity index (χ0v) is 10.7. The van der Waals surface area contributed by atoms with Crippen molar-refractivity contribution in [1.29, 1.82) is 0 Å². The average molecular weight is 234 g/mol. The lowest BCUT2D eigenvalue weighted by atomic mass is 10.4. The topological polar surface area (TPSA) is 41.6 Å². The van der Waals surface area contributed by atoms with Gasteiger partial charge >= 0.3 is 0 Å². The van der Waals surface area contributed by atoms with Crippen molar-refractivity contribution in [3.8, 4) is 0 Å². The molecule has 0 saturated carbocycles. The van der Waals surface area contributed by atoms with E-state index in [4.69, 9.17) is 4.74 Å². The van der Waals surface area contributed by atoms with Crippen LogP contribution in [0.5, 0.6) is 0 Å². The predicted molar refractivity (Wildman–Crippen MR) is 65.2 cm³/mol. The third-order valence-corrected chi connectivity index (χ3v) is 2.27. The van der Waals surface area contributed by atoms with Crippen molar-refractivity contribution in [1.82, 2.24) is 10.2 Å². The fourth-order valence-corrected chi connectivity index (χ4v) is 1.30. The van der Waals surface area contributed by atoms with Crippen molar-refractivity contribution in [3.63, 3.8) is 0 Å². The molecule has 0 heterocycles. The van der Waals surface area contributed by atoms with Gasteiger partial charge in [-0.1, -0.05) is 13.8 Å². The molecular formula is C10H22N2O2S. The molecule has 0 radical (unpaired) electrons. The summed E-state index contributed by atoms with van der Waals surface area (Å²) < 4.78 is 5.28. The van der Waals surface area contributed by atoms with Crippen LogP contribution in [0.1, 0.15) is 20.8 Å². The molecule has 4 nitrogen and oxygen atoms in total. The van der Waals surface area contributed by atoms with Crippen LogP contribution in [0.4, 0.5) is 0 Å². The Morgan fingerprint density at radius 1 is 1.47 bits per heavy atom. The summed E-state index contributed by atoms with van der Waals surface area (Å²) in [7, 11) is 0. The molecule has 1 N–H and O–H groups in total. The Morgan fingerprint density at radius 2 is 2.07 bits per heavy atom. The van der Waals surface area contributed by atoms with Gasteiger partial charge in [-0.25, -0.2) is 0 Å². The molecule has 90 valence electrons. The van der Waals surface area contributed by atoms with E-state index in [1.807, 2.05) is 20.8 Å². The number of carbonyl (C=O) groups excluding carboxylic acids is 1. The van der Waals surface area contributed by atoms with E-state index in [1.54, 1.807) is 0 Å². The second-order valence-corrected chi connectivity index (χ2v) is 3.71. The van der Waals surface area contributed by atoms with Crippen LogP contribution >= 0.6 is 12.6 Å². The summed E-state index contributed by atoms with van der Waals surface area (Å²) in [6, 6.07) is 0. The summed E-state index contributed by atoms with van der Waals surface area (Å²) >= 11 is 4.03. The lowest BCUT2D eigenvalue weighted by molar-refractivity contribution is -0.126. The Bertz CT molecular complexity index is 175. The largest absolute Gasteiger partial charge is 0.358 e. The SMILES string of the molecule is CCN(CC)CC(=O)NC(C)OCCS. The maximum absolute atomic E-state index is 11.5. The molecule has 1 atom stereocenters. The quantitative estimate of drug-likeness (QED) is 0.481. The summed E-state index contributed by atoms with van der Waals surface area (Å²) in [5.74, 6) is 0.668. The van der Waals surface area contributed by atoms with Crippen LogP contribution in [-0.2, 0) is 9.53 Å². The zero-order valence-electron chi connectivity index (χ0n) is 9.82. The van der Waals surface area contributed by atoms with Crippen molar-refractivity contribution >= 4 is 18.5 Å². The molecule has 0 aliphatic heterocycles. The van der Waals surface area contributed by atoms with Crippen LogP contribution in [0, 0.1) is 0 Å². The van der Waals surface area contributed by atoms with Crippen LogP contribution in [0.15, 0.2) is 0 Å². The summed E-state index contributed by atoms with van der Waals surface area (Å²) in [6.07, 6.45) is -0.236. The Labute approximate surface area is 97.8 Å². The Kier molecular flexibility index (Phi) is 8.85. The van der Waals surface area contributed by atoms with Crippen LogP contribution in [0.2, 0.25) is 0 Å². The molecule has 15 heavy (non-hydrogen) atoms. The van der Waals surface area contributed by atoms with Crippen LogP contribution < -0.4 is 5.32 Å². The van der Waals surface area contributed by atoms with Gasteiger partial charge in [0.15, 0.2) is 0 Å². The van der Waals surface area contributed by atoms with Gasteiger partial charge in [0, 0.05) is 5.75 Å². The van der Waals surface area contributed by atoms with Gasteiger partial charge in [-0.15, -0.1) is 0 Å². The standard InChI is InChI=1S/C10H22N2O2S/c1-4-12(5-2)8-10(13)11-9(3)14-6-7-15/h9,15H,4-8H2,1-3H3,(H,11,13). The highest BCUT2D eigenvalue weighted by Gasteiger charge is 2.09. The Balaban J connectivity index is 3.71. The number of hydrogen-bond donors (Lipinski definition) is 2. The molecule has 0 saturated heterocycles. The van der Waals surface area contributed by atoms with Crippen LogP contribution in [0.3, 0.4) is 0 Å². The van der Waals surface area contributed by atoms with Gasteiger partial charge in [-0.05, 0) is 20.0 Å². The number of amides is 1. The van der Waals surface area contributed by atoms with E-state index < -0.39 is 0 Å². The highest BCUT2D eigenvalue weighted by Crippen LogP contribution is 1.90. The summed E-state index contributed by atoms with van der Waals surface area (Å²) in [5.41, 5.74) is 0. The first-order valence-corrected chi connectivity index (χ1v) is 6.01. The van der Waals surface area contributed by atoms with E-state index in [-0.39, 0.29) is 12.1 Å². The molecule has 1 unspecified atom stereocenters. The zero-order chi connectivity index (χ0) is 11.7.